The predicted molar refractivity (Wildman–Crippen MR) is 99.0 cm³/mol. The van der Waals surface area contributed by atoms with Gasteiger partial charge in [0.1, 0.15) is 0 Å². The van der Waals surface area contributed by atoms with Gasteiger partial charge in [-0.1, -0.05) is 57.2 Å². The molecule has 0 fully saturated rings. The molecule has 0 saturated heterocycles. The second-order valence-electron chi connectivity index (χ2n) is 6.45. The number of hydrogen-bond donors (Lipinski definition) is 1. The van der Waals surface area contributed by atoms with E-state index in [0.717, 1.165) is 15.7 Å². The van der Waals surface area contributed by atoms with Crippen LogP contribution in [0.4, 0.5) is 0 Å². The number of amides is 1. The van der Waals surface area contributed by atoms with E-state index in [4.69, 9.17) is 0 Å². The van der Waals surface area contributed by atoms with E-state index in [1.54, 1.807) is 6.07 Å². The van der Waals surface area contributed by atoms with Crippen molar-refractivity contribution in [1.29, 1.82) is 0 Å². The molecule has 2 aromatic rings. The van der Waals surface area contributed by atoms with Gasteiger partial charge in [-0.25, -0.2) is 5.43 Å². The largest absolute Gasteiger partial charge is 0.272 e. The van der Waals surface area contributed by atoms with Crippen LogP contribution in [0.3, 0.4) is 0 Å². The van der Waals surface area contributed by atoms with Gasteiger partial charge in [0.2, 0.25) is 0 Å². The molecule has 0 radical (unpaired) electrons. The number of benzene rings is 2. The number of halogens is 1. The van der Waals surface area contributed by atoms with Crippen molar-refractivity contribution in [2.24, 2.45) is 5.10 Å². The fourth-order valence-electron chi connectivity index (χ4n) is 2.12. The topological polar surface area (TPSA) is 41.5 Å². The van der Waals surface area contributed by atoms with Crippen LogP contribution in [-0.4, -0.2) is 11.6 Å². The lowest BCUT2D eigenvalue weighted by Gasteiger charge is -2.19. The van der Waals surface area contributed by atoms with Crippen LogP contribution in [0.15, 0.2) is 58.1 Å². The third kappa shape index (κ3) is 4.52. The van der Waals surface area contributed by atoms with Crippen molar-refractivity contribution < 1.29 is 4.79 Å². The van der Waals surface area contributed by atoms with E-state index < -0.39 is 0 Å². The average molecular weight is 373 g/mol. The Kier molecular flexibility index (Phi) is 5.37. The minimum atomic E-state index is -0.233. The highest BCUT2D eigenvalue weighted by Crippen LogP contribution is 2.22. The molecular weight excluding hydrogens is 352 g/mol. The smallest absolute Gasteiger partial charge is 0.267 e. The Hall–Kier alpha value is -1.94. The summed E-state index contributed by atoms with van der Waals surface area (Å²) in [4.78, 5) is 12.1. The molecule has 0 spiro atoms. The van der Waals surface area contributed by atoms with Crippen molar-refractivity contribution in [3.8, 4) is 0 Å². The predicted octanol–water partition coefficient (Wildman–Crippen LogP) is 4.90. The Morgan fingerprint density at radius 2 is 1.65 bits per heavy atom. The summed E-state index contributed by atoms with van der Waals surface area (Å²) in [7, 11) is 0. The SMILES string of the molecule is C/C(=N/NC(=O)c1ccccc1Br)c1ccc(C(C)(C)C)cc1. The van der Waals surface area contributed by atoms with Crippen LogP contribution in [0.1, 0.15) is 49.2 Å². The van der Waals surface area contributed by atoms with Crippen LogP contribution in [0.2, 0.25) is 0 Å². The highest BCUT2D eigenvalue weighted by molar-refractivity contribution is 9.10. The van der Waals surface area contributed by atoms with Gasteiger partial charge in [-0.05, 0) is 51.5 Å². The Bertz CT molecular complexity index is 728. The van der Waals surface area contributed by atoms with Crippen molar-refractivity contribution in [2.75, 3.05) is 0 Å². The molecule has 0 unspecified atom stereocenters. The second kappa shape index (κ2) is 7.09. The zero-order chi connectivity index (χ0) is 17.0. The van der Waals surface area contributed by atoms with Crippen LogP contribution < -0.4 is 5.43 Å². The summed E-state index contributed by atoms with van der Waals surface area (Å²) in [6.45, 7) is 8.43. The molecule has 0 aromatic heterocycles. The number of rotatable bonds is 3. The number of hydrazone groups is 1. The fourth-order valence-corrected chi connectivity index (χ4v) is 2.58. The lowest BCUT2D eigenvalue weighted by atomic mass is 9.86. The molecule has 1 N–H and O–H groups in total. The second-order valence-corrected chi connectivity index (χ2v) is 7.30. The molecule has 0 saturated carbocycles. The van der Waals surface area contributed by atoms with Gasteiger partial charge in [-0.15, -0.1) is 0 Å². The molecule has 3 nitrogen and oxygen atoms in total. The summed E-state index contributed by atoms with van der Waals surface area (Å²) in [5, 5.41) is 4.20. The molecule has 0 heterocycles. The molecule has 1 amide bonds. The van der Waals surface area contributed by atoms with E-state index in [9.17, 15) is 4.79 Å². The standard InChI is InChI=1S/C19H21BrN2O/c1-13(14-9-11-15(12-10-14)19(2,3)4)21-22-18(23)16-7-5-6-8-17(16)20/h5-12H,1-4H3,(H,22,23)/b21-13-. The van der Waals surface area contributed by atoms with Gasteiger partial charge in [-0.3, -0.25) is 4.79 Å². The lowest BCUT2D eigenvalue weighted by Crippen LogP contribution is -2.19. The van der Waals surface area contributed by atoms with Crippen LogP contribution in [-0.2, 0) is 5.41 Å². The van der Waals surface area contributed by atoms with Gasteiger partial charge in [0, 0.05) is 4.47 Å². The summed E-state index contributed by atoms with van der Waals surface area (Å²) in [6.07, 6.45) is 0. The molecular formula is C19H21BrN2O. The Morgan fingerprint density at radius 1 is 1.04 bits per heavy atom. The highest BCUT2D eigenvalue weighted by atomic mass is 79.9. The van der Waals surface area contributed by atoms with Crippen molar-refractivity contribution in [1.82, 2.24) is 5.43 Å². The maximum atomic E-state index is 12.1. The summed E-state index contributed by atoms with van der Waals surface area (Å²) >= 11 is 3.37. The number of hydrogen-bond acceptors (Lipinski definition) is 2. The maximum absolute atomic E-state index is 12.1. The first-order chi connectivity index (χ1) is 10.8. The van der Waals surface area contributed by atoms with E-state index >= 15 is 0 Å². The minimum absolute atomic E-state index is 0.122. The molecule has 2 rings (SSSR count). The highest BCUT2D eigenvalue weighted by Gasteiger charge is 2.13. The monoisotopic (exact) mass is 372 g/mol. The van der Waals surface area contributed by atoms with Crippen molar-refractivity contribution in [3.05, 3.63) is 69.7 Å². The fraction of sp³-hybridized carbons (Fsp3) is 0.263. The average Bonchev–Trinajstić information content (AvgIpc) is 2.52. The number of nitrogens with zero attached hydrogens (tertiary/aromatic N) is 1. The van der Waals surface area contributed by atoms with Crippen LogP contribution >= 0.6 is 15.9 Å². The van der Waals surface area contributed by atoms with Gasteiger partial charge in [0.15, 0.2) is 0 Å². The van der Waals surface area contributed by atoms with E-state index in [1.807, 2.05) is 37.3 Å². The van der Waals surface area contributed by atoms with Gasteiger partial charge in [0.05, 0.1) is 11.3 Å². The van der Waals surface area contributed by atoms with E-state index in [0.29, 0.717) is 5.56 Å². The van der Waals surface area contributed by atoms with Gasteiger partial charge in [0.25, 0.3) is 5.91 Å². The third-order valence-electron chi connectivity index (χ3n) is 3.61. The van der Waals surface area contributed by atoms with Gasteiger partial charge < -0.3 is 0 Å². The summed E-state index contributed by atoms with van der Waals surface area (Å²) in [6, 6.07) is 15.5. The van der Waals surface area contributed by atoms with Crippen LogP contribution in [0.25, 0.3) is 0 Å². The van der Waals surface area contributed by atoms with E-state index in [2.05, 4.69) is 59.4 Å². The first-order valence-corrected chi connectivity index (χ1v) is 8.28. The van der Waals surface area contributed by atoms with Gasteiger partial charge in [-0.2, -0.15) is 5.10 Å². The zero-order valence-electron chi connectivity index (χ0n) is 13.9. The quantitative estimate of drug-likeness (QED) is 0.603. The van der Waals surface area contributed by atoms with E-state index in [1.165, 1.54) is 5.56 Å². The number of carbonyl (C=O) groups is 1. The summed E-state index contributed by atoms with van der Waals surface area (Å²) in [5.74, 6) is -0.233. The molecule has 23 heavy (non-hydrogen) atoms. The zero-order valence-corrected chi connectivity index (χ0v) is 15.4. The molecule has 0 atom stereocenters. The van der Waals surface area contributed by atoms with Crippen molar-refractivity contribution >= 4 is 27.5 Å². The van der Waals surface area contributed by atoms with E-state index in [-0.39, 0.29) is 11.3 Å². The van der Waals surface area contributed by atoms with Crippen LogP contribution in [0, 0.1) is 0 Å². The summed E-state index contributed by atoms with van der Waals surface area (Å²) < 4.78 is 0.750. The maximum Gasteiger partial charge on any atom is 0.272 e. The molecule has 0 aliphatic carbocycles. The summed E-state index contributed by atoms with van der Waals surface area (Å²) in [5.41, 5.74) is 6.32. The molecule has 0 aliphatic heterocycles. The van der Waals surface area contributed by atoms with Crippen LogP contribution in [0.5, 0.6) is 0 Å². The Balaban J connectivity index is 2.11. The third-order valence-corrected chi connectivity index (χ3v) is 4.30. The molecule has 0 bridgehead atoms. The number of carbonyl (C=O) groups excluding carboxylic acids is 1. The first kappa shape index (κ1) is 17.4. The Labute approximate surface area is 145 Å². The molecule has 2 aromatic carbocycles. The first-order valence-electron chi connectivity index (χ1n) is 7.49. The number of nitrogens with one attached hydrogen (secondary N) is 1. The van der Waals surface area contributed by atoms with Crippen molar-refractivity contribution in [2.45, 2.75) is 33.1 Å². The molecule has 4 heteroatoms. The van der Waals surface area contributed by atoms with Gasteiger partial charge >= 0.3 is 0 Å². The molecule has 0 aliphatic rings. The Morgan fingerprint density at radius 3 is 2.22 bits per heavy atom. The lowest BCUT2D eigenvalue weighted by molar-refractivity contribution is 0.0954. The normalized spacial score (nSPS) is 12.1. The minimum Gasteiger partial charge on any atom is -0.267 e. The molecule has 120 valence electrons. The van der Waals surface area contributed by atoms with Crippen molar-refractivity contribution in [3.63, 3.8) is 0 Å².